The molecule has 0 aliphatic carbocycles. The number of Topliss-reactive ketones (excluding diaryl/α,β-unsaturated/α-hetero) is 1. The minimum atomic E-state index is -4.86. The van der Waals surface area contributed by atoms with Gasteiger partial charge in [0.2, 0.25) is 6.17 Å². The number of benzodiazepines with no additional fused rings is 1. The first kappa shape index (κ1) is 29.1. The van der Waals surface area contributed by atoms with Crippen molar-refractivity contribution in [2.75, 3.05) is 16.8 Å². The van der Waals surface area contributed by atoms with E-state index in [4.69, 9.17) is 0 Å². The maximum Gasteiger partial charge on any atom is 0.573 e. The van der Waals surface area contributed by atoms with Crippen LogP contribution in [-0.4, -0.2) is 42.5 Å². The highest BCUT2D eigenvalue weighted by Crippen LogP contribution is 2.29. The molecule has 0 fully saturated rings. The molecule has 43 heavy (non-hydrogen) atoms. The number of rotatable bonds is 7. The molecule has 1 aliphatic heterocycles. The van der Waals surface area contributed by atoms with Gasteiger partial charge in [-0.1, -0.05) is 72.8 Å². The Labute approximate surface area is 244 Å². The van der Waals surface area contributed by atoms with E-state index in [1.807, 2.05) is 36.4 Å². The van der Waals surface area contributed by atoms with Gasteiger partial charge >= 0.3 is 12.4 Å². The van der Waals surface area contributed by atoms with E-state index < -0.39 is 30.2 Å². The van der Waals surface area contributed by atoms with E-state index in [-0.39, 0.29) is 18.0 Å². The summed E-state index contributed by atoms with van der Waals surface area (Å²) in [5, 5.41) is 5.04. The first-order chi connectivity index (χ1) is 20.6. The number of hydrogen-bond acceptors (Lipinski definition) is 5. The lowest BCUT2D eigenvalue weighted by Gasteiger charge is -2.25. The van der Waals surface area contributed by atoms with Gasteiger partial charge in [-0.15, -0.1) is 13.2 Å². The van der Waals surface area contributed by atoms with Crippen molar-refractivity contribution in [2.45, 2.75) is 19.5 Å². The highest BCUT2D eigenvalue weighted by atomic mass is 19.4. The number of anilines is 2. The van der Waals surface area contributed by atoms with Gasteiger partial charge in [-0.2, -0.15) is 0 Å². The van der Waals surface area contributed by atoms with Gasteiger partial charge in [0.25, 0.3) is 5.91 Å². The third-order valence-corrected chi connectivity index (χ3v) is 6.62. The van der Waals surface area contributed by atoms with Gasteiger partial charge < -0.3 is 20.3 Å². The highest BCUT2D eigenvalue weighted by molar-refractivity contribution is 6.21. The van der Waals surface area contributed by atoms with Crippen LogP contribution in [0.1, 0.15) is 27.0 Å². The number of amides is 3. The number of ketones is 1. The molecule has 0 bridgehead atoms. The van der Waals surface area contributed by atoms with Crippen LogP contribution in [0.5, 0.6) is 5.75 Å². The van der Waals surface area contributed by atoms with Crippen LogP contribution in [0.15, 0.2) is 108 Å². The Kier molecular flexibility index (Phi) is 8.24. The summed E-state index contributed by atoms with van der Waals surface area (Å²) in [6.07, 6.45) is -6.30. The Morgan fingerprint density at radius 1 is 0.884 bits per heavy atom. The first-order valence-corrected chi connectivity index (χ1v) is 13.2. The fraction of sp³-hybridized carbons (Fsp3) is 0.125. The van der Waals surface area contributed by atoms with Gasteiger partial charge in [0.05, 0.1) is 17.9 Å². The second-order valence-corrected chi connectivity index (χ2v) is 9.60. The van der Waals surface area contributed by atoms with Crippen LogP contribution >= 0.6 is 0 Å². The number of nitrogens with one attached hydrogen (secondary N) is 2. The van der Waals surface area contributed by atoms with E-state index >= 15 is 0 Å². The molecular weight excluding hydrogens is 561 g/mol. The van der Waals surface area contributed by atoms with E-state index in [1.54, 1.807) is 49.4 Å². The van der Waals surface area contributed by atoms with Crippen molar-refractivity contribution in [3.63, 3.8) is 0 Å². The zero-order valence-electron chi connectivity index (χ0n) is 22.8. The topological polar surface area (TPSA) is 100 Å². The smallest absolute Gasteiger partial charge is 0.406 e. The predicted molar refractivity (Wildman–Crippen MR) is 155 cm³/mol. The van der Waals surface area contributed by atoms with E-state index in [1.165, 1.54) is 17.0 Å². The SMILES string of the molecule is Cc1ccccc1C(=O)CN1C(=O)C(NC(=O)Nc2ccc(OC(F)(F)F)cc2)N=C(c2ccccc2)c2ccccc21. The first-order valence-electron chi connectivity index (χ1n) is 13.2. The number of fused-ring (bicyclic) bond motifs is 1. The average Bonchev–Trinajstić information content (AvgIpc) is 3.09. The molecule has 0 radical (unpaired) electrons. The molecule has 4 aromatic carbocycles. The van der Waals surface area contributed by atoms with Crippen molar-refractivity contribution in [3.8, 4) is 5.75 Å². The van der Waals surface area contributed by atoms with Crippen LogP contribution < -0.4 is 20.3 Å². The molecule has 218 valence electrons. The molecule has 11 heteroatoms. The number of aryl methyl sites for hydroxylation is 1. The molecule has 1 atom stereocenters. The second-order valence-electron chi connectivity index (χ2n) is 9.60. The van der Waals surface area contributed by atoms with Gasteiger partial charge in [0, 0.05) is 22.4 Å². The molecule has 5 rings (SSSR count). The number of hydrogen-bond donors (Lipinski definition) is 2. The quantitative estimate of drug-likeness (QED) is 0.255. The van der Waals surface area contributed by atoms with Crippen LogP contribution in [0.4, 0.5) is 29.3 Å². The summed E-state index contributed by atoms with van der Waals surface area (Å²) in [5.41, 5.74) is 3.50. The minimum Gasteiger partial charge on any atom is -0.406 e. The van der Waals surface area contributed by atoms with E-state index in [0.717, 1.165) is 17.7 Å². The molecule has 0 saturated carbocycles. The molecule has 2 N–H and O–H groups in total. The summed E-state index contributed by atoms with van der Waals surface area (Å²) in [4.78, 5) is 46.4. The standard InChI is InChI=1S/C32H25F3N4O4/c1-20-9-5-6-12-24(20)27(40)19-39-26-14-8-7-13-25(26)28(21-10-3-2-4-11-21)37-29(30(39)41)38-31(42)36-22-15-17-23(18-16-22)43-32(33,34)35/h2-18,29H,19H2,1H3,(H2,36,38,42). The van der Waals surface area contributed by atoms with Crippen molar-refractivity contribution in [1.82, 2.24) is 5.32 Å². The lowest BCUT2D eigenvalue weighted by Crippen LogP contribution is -2.50. The van der Waals surface area contributed by atoms with Crippen molar-refractivity contribution in [3.05, 3.63) is 125 Å². The van der Waals surface area contributed by atoms with Crippen LogP contribution in [0, 0.1) is 6.92 Å². The third-order valence-electron chi connectivity index (χ3n) is 6.62. The Hall–Kier alpha value is -5.45. The Bertz CT molecular complexity index is 1690. The summed E-state index contributed by atoms with van der Waals surface area (Å²) < 4.78 is 41.3. The maximum absolute atomic E-state index is 14.0. The number of para-hydroxylation sites is 1. The van der Waals surface area contributed by atoms with E-state index in [0.29, 0.717) is 28.1 Å². The molecule has 4 aromatic rings. The molecule has 1 unspecified atom stereocenters. The number of urea groups is 1. The number of benzene rings is 4. The second kappa shape index (κ2) is 12.2. The van der Waals surface area contributed by atoms with Crippen LogP contribution in [0.3, 0.4) is 0 Å². The molecule has 0 spiro atoms. The molecule has 1 heterocycles. The van der Waals surface area contributed by atoms with Gasteiger partial charge in [0.15, 0.2) is 5.78 Å². The number of carbonyl (C=O) groups is 3. The molecule has 3 amide bonds. The summed E-state index contributed by atoms with van der Waals surface area (Å²) in [5.74, 6) is -1.40. The van der Waals surface area contributed by atoms with Gasteiger partial charge in [-0.25, -0.2) is 9.79 Å². The zero-order chi connectivity index (χ0) is 30.6. The normalized spacial score (nSPS) is 14.7. The monoisotopic (exact) mass is 586 g/mol. The molecular formula is C32H25F3N4O4. The minimum absolute atomic E-state index is 0.148. The van der Waals surface area contributed by atoms with Crippen LogP contribution in [0.25, 0.3) is 0 Å². The predicted octanol–water partition coefficient (Wildman–Crippen LogP) is 6.11. The average molecular weight is 587 g/mol. The number of ether oxygens (including phenoxy) is 1. The summed E-state index contributed by atoms with van der Waals surface area (Å²) >= 11 is 0. The Morgan fingerprint density at radius 2 is 1.53 bits per heavy atom. The van der Waals surface area contributed by atoms with Crippen molar-refractivity contribution >= 4 is 34.8 Å². The van der Waals surface area contributed by atoms with Crippen molar-refractivity contribution < 1.29 is 32.3 Å². The van der Waals surface area contributed by atoms with Crippen LogP contribution in [-0.2, 0) is 4.79 Å². The van der Waals surface area contributed by atoms with Gasteiger partial charge in [0.1, 0.15) is 5.75 Å². The highest BCUT2D eigenvalue weighted by Gasteiger charge is 2.34. The largest absolute Gasteiger partial charge is 0.573 e. The van der Waals surface area contributed by atoms with E-state index in [2.05, 4.69) is 20.4 Å². The van der Waals surface area contributed by atoms with Crippen LogP contribution in [0.2, 0.25) is 0 Å². The van der Waals surface area contributed by atoms with E-state index in [9.17, 15) is 27.6 Å². The van der Waals surface area contributed by atoms with Gasteiger partial charge in [-0.05, 0) is 42.8 Å². The lowest BCUT2D eigenvalue weighted by molar-refractivity contribution is -0.274. The van der Waals surface area contributed by atoms with Gasteiger partial charge in [-0.3, -0.25) is 9.59 Å². The molecule has 8 nitrogen and oxygen atoms in total. The molecule has 0 aromatic heterocycles. The third kappa shape index (κ3) is 6.89. The maximum atomic E-state index is 14.0. The summed E-state index contributed by atoms with van der Waals surface area (Å²) in [7, 11) is 0. The summed E-state index contributed by atoms with van der Waals surface area (Å²) in [6.45, 7) is 1.50. The molecule has 0 saturated heterocycles. The number of carbonyl (C=O) groups excluding carboxylic acids is 3. The molecule has 1 aliphatic rings. The number of nitrogens with zero attached hydrogens (tertiary/aromatic N) is 2. The number of halogens is 3. The Balaban J connectivity index is 1.47. The zero-order valence-corrected chi connectivity index (χ0v) is 22.8. The lowest BCUT2D eigenvalue weighted by atomic mass is 9.99. The number of aliphatic imine (C=N–C) groups is 1. The Morgan fingerprint density at radius 3 is 2.23 bits per heavy atom. The van der Waals surface area contributed by atoms with Crippen molar-refractivity contribution in [1.29, 1.82) is 0 Å². The number of alkyl halides is 3. The fourth-order valence-corrected chi connectivity index (χ4v) is 4.66. The summed E-state index contributed by atoms with van der Waals surface area (Å²) in [6, 6.07) is 26.8. The van der Waals surface area contributed by atoms with Crippen molar-refractivity contribution in [2.24, 2.45) is 4.99 Å². The fourth-order valence-electron chi connectivity index (χ4n) is 4.66.